The molecule has 0 bridgehead atoms. The number of fused-ring (bicyclic) bond motifs is 1. The van der Waals surface area contributed by atoms with E-state index in [0.717, 1.165) is 6.08 Å². The largest absolute Gasteiger partial charge is 0.327 e. The summed E-state index contributed by atoms with van der Waals surface area (Å²) >= 11 is 0. The molecule has 2 rings (SSSR count). The normalized spacial score (nSPS) is 12.8. The summed E-state index contributed by atoms with van der Waals surface area (Å²) in [6.45, 7) is -0.0326. The first-order chi connectivity index (χ1) is 9.04. The SMILES string of the molecule is NCC=C(F)CS(=O)(=O)c1cccc2cccnc12. The molecule has 0 aliphatic rings. The van der Waals surface area contributed by atoms with Crippen LogP contribution in [0.1, 0.15) is 0 Å². The van der Waals surface area contributed by atoms with Crippen LogP contribution in [0.5, 0.6) is 0 Å². The molecule has 6 heteroatoms. The summed E-state index contributed by atoms with van der Waals surface area (Å²) in [4.78, 5) is 4.09. The van der Waals surface area contributed by atoms with Gasteiger partial charge in [0.25, 0.3) is 0 Å². The van der Waals surface area contributed by atoms with Crippen LogP contribution in [0.2, 0.25) is 0 Å². The number of halogens is 1. The standard InChI is InChI=1S/C13H13FN2O2S/c14-11(6-7-15)9-19(17,18)12-5-1-3-10-4-2-8-16-13(10)12/h1-6,8H,7,9,15H2. The van der Waals surface area contributed by atoms with Crippen LogP contribution in [0.15, 0.2) is 53.3 Å². The predicted molar refractivity (Wildman–Crippen MR) is 72.0 cm³/mol. The summed E-state index contributed by atoms with van der Waals surface area (Å²) in [5, 5.41) is 0.701. The van der Waals surface area contributed by atoms with E-state index in [-0.39, 0.29) is 11.4 Å². The number of para-hydroxylation sites is 1. The molecule has 2 N–H and O–H groups in total. The van der Waals surface area contributed by atoms with Crippen molar-refractivity contribution in [2.45, 2.75) is 4.90 Å². The van der Waals surface area contributed by atoms with Gasteiger partial charge in [-0.05, 0) is 18.2 Å². The molecule has 0 aliphatic heterocycles. The Hall–Kier alpha value is -1.79. The zero-order chi connectivity index (χ0) is 13.9. The predicted octanol–water partition coefficient (Wildman–Crippen LogP) is 1.82. The molecule has 0 saturated heterocycles. The van der Waals surface area contributed by atoms with Gasteiger partial charge in [-0.2, -0.15) is 0 Å². The van der Waals surface area contributed by atoms with Gasteiger partial charge in [0.05, 0.1) is 10.4 Å². The van der Waals surface area contributed by atoms with Gasteiger partial charge < -0.3 is 5.73 Å². The van der Waals surface area contributed by atoms with Crippen molar-refractivity contribution in [1.82, 2.24) is 4.98 Å². The number of nitrogens with two attached hydrogens (primary N) is 1. The van der Waals surface area contributed by atoms with Crippen LogP contribution in [-0.4, -0.2) is 25.7 Å². The molecule has 0 radical (unpaired) electrons. The average molecular weight is 280 g/mol. The lowest BCUT2D eigenvalue weighted by Gasteiger charge is -2.06. The summed E-state index contributed by atoms with van der Waals surface area (Å²) in [6, 6.07) is 8.27. The van der Waals surface area contributed by atoms with Crippen molar-refractivity contribution in [3.8, 4) is 0 Å². The molecule has 0 unspecified atom stereocenters. The van der Waals surface area contributed by atoms with Gasteiger partial charge in [-0.15, -0.1) is 0 Å². The van der Waals surface area contributed by atoms with E-state index < -0.39 is 21.4 Å². The minimum Gasteiger partial charge on any atom is -0.327 e. The maximum Gasteiger partial charge on any atom is 0.186 e. The van der Waals surface area contributed by atoms with Crippen molar-refractivity contribution in [2.75, 3.05) is 12.3 Å². The van der Waals surface area contributed by atoms with Crippen LogP contribution >= 0.6 is 0 Å². The Morgan fingerprint density at radius 2 is 2.05 bits per heavy atom. The number of aromatic nitrogens is 1. The van der Waals surface area contributed by atoms with Crippen molar-refractivity contribution in [3.63, 3.8) is 0 Å². The number of pyridine rings is 1. The first kappa shape index (κ1) is 13.6. The van der Waals surface area contributed by atoms with Gasteiger partial charge in [0.2, 0.25) is 0 Å². The highest BCUT2D eigenvalue weighted by Gasteiger charge is 2.20. The molecule has 4 nitrogen and oxygen atoms in total. The van der Waals surface area contributed by atoms with Gasteiger partial charge in [0, 0.05) is 18.1 Å². The lowest BCUT2D eigenvalue weighted by molar-refractivity contribution is 0.583. The van der Waals surface area contributed by atoms with Gasteiger partial charge >= 0.3 is 0 Å². The highest BCUT2D eigenvalue weighted by Crippen LogP contribution is 2.23. The zero-order valence-corrected chi connectivity index (χ0v) is 10.9. The number of rotatable bonds is 4. The monoisotopic (exact) mass is 280 g/mol. The van der Waals surface area contributed by atoms with Crippen LogP contribution in [-0.2, 0) is 9.84 Å². The van der Waals surface area contributed by atoms with Gasteiger partial charge in [-0.3, -0.25) is 4.98 Å². The first-order valence-electron chi connectivity index (χ1n) is 5.66. The van der Waals surface area contributed by atoms with Crippen molar-refractivity contribution < 1.29 is 12.8 Å². The number of sulfone groups is 1. The fourth-order valence-corrected chi connectivity index (χ4v) is 3.16. The Kier molecular flexibility index (Phi) is 3.92. The van der Waals surface area contributed by atoms with Crippen molar-refractivity contribution in [2.24, 2.45) is 5.73 Å². The minimum absolute atomic E-state index is 0.0326. The summed E-state index contributed by atoms with van der Waals surface area (Å²) in [7, 11) is -3.77. The molecule has 0 amide bonds. The van der Waals surface area contributed by atoms with Gasteiger partial charge in [-0.25, -0.2) is 12.8 Å². The number of hydrogen-bond donors (Lipinski definition) is 1. The molecule has 0 spiro atoms. The Labute approximate surface area is 110 Å². The Bertz CT molecular complexity index is 721. The van der Waals surface area contributed by atoms with Gasteiger partial charge in [0.1, 0.15) is 11.6 Å². The third kappa shape index (κ3) is 2.97. The smallest absolute Gasteiger partial charge is 0.186 e. The molecule has 1 aromatic heterocycles. The van der Waals surface area contributed by atoms with Crippen LogP contribution in [0, 0.1) is 0 Å². The van der Waals surface area contributed by atoms with Crippen LogP contribution in [0.3, 0.4) is 0 Å². The molecule has 1 aromatic carbocycles. The lowest BCUT2D eigenvalue weighted by Crippen LogP contribution is -2.09. The molecule has 19 heavy (non-hydrogen) atoms. The maximum absolute atomic E-state index is 13.4. The van der Waals surface area contributed by atoms with Crippen molar-refractivity contribution in [1.29, 1.82) is 0 Å². The second-order valence-corrected chi connectivity index (χ2v) is 5.94. The molecule has 1 heterocycles. The third-order valence-electron chi connectivity index (χ3n) is 2.60. The Morgan fingerprint density at radius 1 is 1.32 bits per heavy atom. The van der Waals surface area contributed by atoms with E-state index in [1.54, 1.807) is 24.3 Å². The summed E-state index contributed by atoms with van der Waals surface area (Å²) in [5.74, 6) is -1.45. The number of hydrogen-bond acceptors (Lipinski definition) is 4. The molecule has 0 atom stereocenters. The van der Waals surface area contributed by atoms with Gasteiger partial charge in [0.15, 0.2) is 9.84 Å². The number of benzene rings is 1. The van der Waals surface area contributed by atoms with E-state index in [9.17, 15) is 12.8 Å². The lowest BCUT2D eigenvalue weighted by atomic mass is 10.2. The fraction of sp³-hybridized carbons (Fsp3) is 0.154. The molecule has 100 valence electrons. The highest BCUT2D eigenvalue weighted by atomic mass is 32.2. The molecule has 0 aliphatic carbocycles. The third-order valence-corrected chi connectivity index (χ3v) is 4.25. The molecule has 0 saturated carbocycles. The second kappa shape index (κ2) is 5.46. The van der Waals surface area contributed by atoms with Crippen LogP contribution in [0.25, 0.3) is 10.9 Å². The molecule has 0 fully saturated rings. The van der Waals surface area contributed by atoms with E-state index in [0.29, 0.717) is 10.9 Å². The average Bonchev–Trinajstić information content (AvgIpc) is 2.37. The van der Waals surface area contributed by atoms with Gasteiger partial charge in [-0.1, -0.05) is 18.2 Å². The maximum atomic E-state index is 13.4. The van der Waals surface area contributed by atoms with E-state index in [1.165, 1.54) is 12.3 Å². The topological polar surface area (TPSA) is 73.1 Å². The molecule has 2 aromatic rings. The van der Waals surface area contributed by atoms with Crippen molar-refractivity contribution >= 4 is 20.7 Å². The highest BCUT2D eigenvalue weighted by molar-refractivity contribution is 7.91. The molecular weight excluding hydrogens is 267 g/mol. The second-order valence-electron chi connectivity index (χ2n) is 3.98. The minimum atomic E-state index is -3.77. The first-order valence-corrected chi connectivity index (χ1v) is 7.31. The van der Waals surface area contributed by atoms with Crippen LogP contribution < -0.4 is 5.73 Å². The summed E-state index contributed by atoms with van der Waals surface area (Å²) in [6.07, 6.45) is 2.56. The van der Waals surface area contributed by atoms with E-state index in [1.807, 2.05) is 0 Å². The quantitative estimate of drug-likeness (QED) is 0.927. The summed E-state index contributed by atoms with van der Waals surface area (Å²) < 4.78 is 37.7. The van der Waals surface area contributed by atoms with E-state index in [2.05, 4.69) is 4.98 Å². The summed E-state index contributed by atoms with van der Waals surface area (Å²) in [5.41, 5.74) is 5.51. The van der Waals surface area contributed by atoms with Crippen molar-refractivity contribution in [3.05, 3.63) is 48.4 Å². The van der Waals surface area contributed by atoms with E-state index >= 15 is 0 Å². The van der Waals surface area contributed by atoms with Crippen LogP contribution in [0.4, 0.5) is 4.39 Å². The number of nitrogens with zero attached hydrogens (tertiary/aromatic N) is 1. The molecular formula is C13H13FN2O2S. The Morgan fingerprint density at radius 3 is 2.79 bits per heavy atom. The Balaban J connectivity index is 2.52. The fourth-order valence-electron chi connectivity index (χ4n) is 1.77. The van der Waals surface area contributed by atoms with E-state index in [4.69, 9.17) is 5.73 Å². The zero-order valence-electron chi connectivity index (χ0n) is 10.1.